The molecule has 0 amide bonds. The van der Waals surface area contributed by atoms with Crippen LogP contribution in [0.4, 0.5) is 0 Å². The van der Waals surface area contributed by atoms with Crippen LogP contribution >= 0.6 is 11.6 Å². The van der Waals surface area contributed by atoms with Gasteiger partial charge >= 0.3 is 0 Å². The molecule has 4 heteroatoms. The molecular weight excluding hydrogens is 248 g/mol. The van der Waals surface area contributed by atoms with Crippen molar-refractivity contribution in [3.63, 3.8) is 0 Å². The van der Waals surface area contributed by atoms with Gasteiger partial charge in [-0.1, -0.05) is 11.6 Å². The van der Waals surface area contributed by atoms with Gasteiger partial charge in [0.05, 0.1) is 17.6 Å². The third-order valence-electron chi connectivity index (χ3n) is 3.84. The predicted octanol–water partition coefficient (Wildman–Crippen LogP) is 2.92. The largest absolute Gasteiger partial charge is 0.495 e. The van der Waals surface area contributed by atoms with Crippen LogP contribution < -0.4 is 10.1 Å². The molecule has 3 nitrogen and oxygen atoms in total. The molecule has 1 aromatic heterocycles. The van der Waals surface area contributed by atoms with Gasteiger partial charge in [-0.3, -0.25) is 0 Å². The maximum Gasteiger partial charge on any atom is 0.143 e. The molecule has 0 aliphatic carbocycles. The summed E-state index contributed by atoms with van der Waals surface area (Å²) >= 11 is 6.29. The van der Waals surface area contributed by atoms with Crippen LogP contribution in [0.3, 0.4) is 0 Å². The summed E-state index contributed by atoms with van der Waals surface area (Å²) in [4.78, 5) is 0. The highest BCUT2D eigenvalue weighted by Crippen LogP contribution is 2.36. The predicted molar refractivity (Wildman–Crippen MR) is 74.7 cm³/mol. The molecule has 1 fully saturated rings. The first-order valence-corrected chi connectivity index (χ1v) is 6.62. The highest BCUT2D eigenvalue weighted by molar-refractivity contribution is 6.35. The van der Waals surface area contributed by atoms with Gasteiger partial charge in [-0.2, -0.15) is 0 Å². The van der Waals surface area contributed by atoms with Crippen LogP contribution in [-0.2, 0) is 7.05 Å². The first-order chi connectivity index (χ1) is 8.72. The molecule has 0 bridgehead atoms. The van der Waals surface area contributed by atoms with Gasteiger partial charge in [0.1, 0.15) is 5.75 Å². The van der Waals surface area contributed by atoms with E-state index in [1.54, 1.807) is 7.11 Å². The SMILES string of the molecule is COc1ccc(Cl)c2cc(C3CCNC3)n(C)c12. The molecule has 1 aliphatic heterocycles. The Balaban J connectivity index is 2.23. The molecule has 1 unspecified atom stereocenters. The number of methoxy groups -OCH3 is 1. The second kappa shape index (κ2) is 4.48. The highest BCUT2D eigenvalue weighted by Gasteiger charge is 2.22. The van der Waals surface area contributed by atoms with Gasteiger partial charge < -0.3 is 14.6 Å². The van der Waals surface area contributed by atoms with E-state index < -0.39 is 0 Å². The lowest BCUT2D eigenvalue weighted by molar-refractivity contribution is 0.417. The van der Waals surface area contributed by atoms with Crippen LogP contribution in [0, 0.1) is 0 Å². The van der Waals surface area contributed by atoms with Gasteiger partial charge in [0, 0.05) is 30.6 Å². The highest BCUT2D eigenvalue weighted by atomic mass is 35.5. The topological polar surface area (TPSA) is 26.2 Å². The smallest absolute Gasteiger partial charge is 0.143 e. The Labute approximate surface area is 112 Å². The lowest BCUT2D eigenvalue weighted by Crippen LogP contribution is -2.10. The van der Waals surface area contributed by atoms with Gasteiger partial charge in [0.15, 0.2) is 0 Å². The Bertz CT molecular complexity index is 585. The van der Waals surface area contributed by atoms with E-state index in [9.17, 15) is 0 Å². The number of halogens is 1. The molecule has 3 rings (SSSR count). The molecule has 0 radical (unpaired) electrons. The lowest BCUT2D eigenvalue weighted by atomic mass is 10.1. The van der Waals surface area contributed by atoms with Gasteiger partial charge in [-0.15, -0.1) is 0 Å². The average molecular weight is 265 g/mol. The van der Waals surface area contributed by atoms with Crippen LogP contribution in [0.1, 0.15) is 18.0 Å². The number of benzene rings is 1. The Morgan fingerprint density at radius 1 is 1.44 bits per heavy atom. The second-order valence-electron chi connectivity index (χ2n) is 4.83. The van der Waals surface area contributed by atoms with Gasteiger partial charge in [0.2, 0.25) is 0 Å². The van der Waals surface area contributed by atoms with Crippen molar-refractivity contribution in [2.45, 2.75) is 12.3 Å². The Hall–Kier alpha value is -1.19. The average Bonchev–Trinajstić information content (AvgIpc) is 2.99. The molecule has 1 aromatic carbocycles. The van der Waals surface area contributed by atoms with Gasteiger partial charge in [-0.25, -0.2) is 0 Å². The van der Waals surface area contributed by atoms with E-state index in [1.807, 2.05) is 12.1 Å². The van der Waals surface area contributed by atoms with Crippen molar-refractivity contribution in [3.05, 3.63) is 28.9 Å². The number of hydrogen-bond donors (Lipinski definition) is 1. The summed E-state index contributed by atoms with van der Waals surface area (Å²) in [7, 11) is 3.79. The minimum atomic E-state index is 0.572. The standard InChI is InChI=1S/C14H17ClN2O/c1-17-12(9-5-6-16-8-9)7-10-11(15)3-4-13(18-2)14(10)17/h3-4,7,9,16H,5-6,8H2,1-2H3. The molecule has 1 N–H and O–H groups in total. The molecule has 1 saturated heterocycles. The molecule has 96 valence electrons. The number of aryl methyl sites for hydroxylation is 1. The molecule has 2 aromatic rings. The van der Waals surface area contributed by atoms with Crippen molar-refractivity contribution in [1.29, 1.82) is 0 Å². The summed E-state index contributed by atoms with van der Waals surface area (Å²) in [6.45, 7) is 2.14. The first kappa shape index (κ1) is 11.9. The summed E-state index contributed by atoms with van der Waals surface area (Å²) in [5, 5.41) is 5.28. The Morgan fingerprint density at radius 2 is 2.28 bits per heavy atom. The fraction of sp³-hybridized carbons (Fsp3) is 0.429. The number of nitrogens with zero attached hydrogens (tertiary/aromatic N) is 1. The number of fused-ring (bicyclic) bond motifs is 1. The Morgan fingerprint density at radius 3 is 2.94 bits per heavy atom. The molecule has 0 saturated carbocycles. The molecule has 1 aliphatic rings. The normalized spacial score (nSPS) is 19.6. The number of ether oxygens (including phenoxy) is 1. The van der Waals surface area contributed by atoms with E-state index >= 15 is 0 Å². The monoisotopic (exact) mass is 264 g/mol. The van der Waals surface area contributed by atoms with Crippen LogP contribution in [-0.4, -0.2) is 24.8 Å². The third-order valence-corrected chi connectivity index (χ3v) is 4.17. The van der Waals surface area contributed by atoms with Crippen molar-refractivity contribution >= 4 is 22.5 Å². The first-order valence-electron chi connectivity index (χ1n) is 6.25. The van der Waals surface area contributed by atoms with Gasteiger partial charge in [0.25, 0.3) is 0 Å². The van der Waals surface area contributed by atoms with E-state index in [4.69, 9.17) is 16.3 Å². The Kier molecular flexibility index (Phi) is 2.96. The minimum Gasteiger partial charge on any atom is -0.495 e. The number of rotatable bonds is 2. The van der Waals surface area contributed by atoms with Crippen LogP contribution in [0.2, 0.25) is 5.02 Å². The zero-order valence-corrected chi connectivity index (χ0v) is 11.4. The van der Waals surface area contributed by atoms with Gasteiger partial charge in [-0.05, 0) is 31.2 Å². The van der Waals surface area contributed by atoms with E-state index in [-0.39, 0.29) is 0 Å². The molecule has 1 atom stereocenters. The summed E-state index contributed by atoms with van der Waals surface area (Å²) in [5.41, 5.74) is 2.42. The summed E-state index contributed by atoms with van der Waals surface area (Å²) in [6.07, 6.45) is 1.18. The van der Waals surface area contributed by atoms with Crippen LogP contribution in [0.5, 0.6) is 5.75 Å². The van der Waals surface area contributed by atoms with Crippen LogP contribution in [0.25, 0.3) is 10.9 Å². The quantitative estimate of drug-likeness (QED) is 0.903. The van der Waals surface area contributed by atoms with E-state index in [2.05, 4.69) is 23.0 Å². The number of hydrogen-bond acceptors (Lipinski definition) is 2. The zero-order chi connectivity index (χ0) is 12.7. The summed E-state index contributed by atoms with van der Waals surface area (Å²) in [5.74, 6) is 1.46. The molecule has 0 spiro atoms. The van der Waals surface area contributed by atoms with E-state index in [0.717, 1.165) is 34.8 Å². The number of aromatic nitrogens is 1. The lowest BCUT2D eigenvalue weighted by Gasteiger charge is -2.11. The fourth-order valence-electron chi connectivity index (χ4n) is 2.88. The second-order valence-corrected chi connectivity index (χ2v) is 5.24. The molecule has 18 heavy (non-hydrogen) atoms. The number of nitrogens with one attached hydrogen (secondary N) is 1. The maximum absolute atomic E-state index is 6.29. The van der Waals surface area contributed by atoms with Crippen LogP contribution in [0.15, 0.2) is 18.2 Å². The van der Waals surface area contributed by atoms with E-state index in [1.165, 1.54) is 12.1 Å². The minimum absolute atomic E-state index is 0.572. The zero-order valence-electron chi connectivity index (χ0n) is 10.7. The van der Waals surface area contributed by atoms with Crippen molar-refractivity contribution in [2.75, 3.05) is 20.2 Å². The van der Waals surface area contributed by atoms with Crippen molar-refractivity contribution in [3.8, 4) is 5.75 Å². The van der Waals surface area contributed by atoms with E-state index in [0.29, 0.717) is 5.92 Å². The molecular formula is C14H17ClN2O. The third kappa shape index (κ3) is 1.70. The summed E-state index contributed by atoms with van der Waals surface area (Å²) < 4.78 is 7.66. The summed E-state index contributed by atoms with van der Waals surface area (Å²) in [6, 6.07) is 6.04. The van der Waals surface area contributed by atoms with Crippen molar-refractivity contribution in [2.24, 2.45) is 7.05 Å². The maximum atomic E-state index is 6.29. The van der Waals surface area contributed by atoms with Crippen molar-refractivity contribution < 1.29 is 4.74 Å². The fourth-order valence-corrected chi connectivity index (χ4v) is 3.09. The van der Waals surface area contributed by atoms with Crippen molar-refractivity contribution in [1.82, 2.24) is 9.88 Å². The molecule has 2 heterocycles.